The molecule has 0 aliphatic carbocycles. The molecule has 0 aliphatic heterocycles. The van der Waals surface area contributed by atoms with Crippen LogP contribution >= 0.6 is 0 Å². The number of unbranched alkanes of at least 4 members (excludes halogenated alkanes) is 1. The van der Waals surface area contributed by atoms with Crippen LogP contribution in [0.15, 0.2) is 24.3 Å². The zero-order chi connectivity index (χ0) is 10.5. The van der Waals surface area contributed by atoms with E-state index in [2.05, 4.69) is 47.3 Å². The van der Waals surface area contributed by atoms with Gasteiger partial charge in [0.25, 0.3) is 0 Å². The van der Waals surface area contributed by atoms with Crippen molar-refractivity contribution in [1.29, 1.82) is 0 Å². The molecule has 0 aliphatic rings. The molecule has 0 fully saturated rings. The minimum atomic E-state index is 0.261. The van der Waals surface area contributed by atoms with Crippen LogP contribution in [0.4, 0.5) is 0 Å². The van der Waals surface area contributed by atoms with E-state index in [9.17, 15) is 0 Å². The Morgan fingerprint density at radius 1 is 1.46 bits per heavy atom. The Balaban J connectivity index is 4.51. The van der Waals surface area contributed by atoms with Crippen molar-refractivity contribution in [2.45, 2.75) is 47.5 Å². The van der Waals surface area contributed by atoms with Crippen LogP contribution in [-0.4, -0.2) is 0 Å². The fraction of sp³-hybridized carbons (Fsp3) is 0.692. The Morgan fingerprint density at radius 3 is 2.38 bits per heavy atom. The second-order valence-corrected chi connectivity index (χ2v) is 4.42. The predicted molar refractivity (Wildman–Crippen MR) is 61.8 cm³/mol. The van der Waals surface area contributed by atoms with Crippen LogP contribution in [0.3, 0.4) is 0 Å². The first-order valence-electron chi connectivity index (χ1n) is 5.26. The largest absolute Gasteiger partial charge is 0.103 e. The quantitative estimate of drug-likeness (QED) is 0.543. The monoisotopic (exact) mass is 180 g/mol. The first kappa shape index (κ1) is 12.5. The molecule has 1 atom stereocenters. The van der Waals surface area contributed by atoms with Gasteiger partial charge in [-0.1, -0.05) is 51.8 Å². The lowest BCUT2D eigenvalue weighted by atomic mass is 9.74. The van der Waals surface area contributed by atoms with E-state index in [4.69, 9.17) is 0 Å². The maximum Gasteiger partial charge on any atom is -0.00875 e. The maximum atomic E-state index is 3.86. The summed E-state index contributed by atoms with van der Waals surface area (Å²) in [6.45, 7) is 15.1. The van der Waals surface area contributed by atoms with Crippen LogP contribution in [0.25, 0.3) is 0 Å². The van der Waals surface area contributed by atoms with Gasteiger partial charge in [-0.3, -0.25) is 0 Å². The van der Waals surface area contributed by atoms with E-state index < -0.39 is 0 Å². The Kier molecular flexibility index (Phi) is 5.05. The van der Waals surface area contributed by atoms with E-state index in [-0.39, 0.29) is 5.41 Å². The minimum Gasteiger partial charge on any atom is -0.103 e. The minimum absolute atomic E-state index is 0.261. The van der Waals surface area contributed by atoms with Gasteiger partial charge in [0.15, 0.2) is 0 Å². The van der Waals surface area contributed by atoms with E-state index in [1.165, 1.54) is 18.4 Å². The number of allylic oxidation sites excluding steroid dienone is 3. The molecule has 0 rings (SSSR count). The SMILES string of the molecule is C=CC(C)C(C)(C)C(C)=CCCC. The third-order valence-corrected chi connectivity index (χ3v) is 3.25. The van der Waals surface area contributed by atoms with E-state index in [0.717, 1.165) is 0 Å². The van der Waals surface area contributed by atoms with Gasteiger partial charge >= 0.3 is 0 Å². The van der Waals surface area contributed by atoms with Gasteiger partial charge < -0.3 is 0 Å². The number of hydrogen-bond acceptors (Lipinski definition) is 0. The fourth-order valence-corrected chi connectivity index (χ4v) is 1.28. The van der Waals surface area contributed by atoms with Crippen molar-refractivity contribution in [3.8, 4) is 0 Å². The molecule has 1 unspecified atom stereocenters. The molecule has 0 aromatic heterocycles. The van der Waals surface area contributed by atoms with Gasteiger partial charge in [-0.15, -0.1) is 6.58 Å². The van der Waals surface area contributed by atoms with Crippen molar-refractivity contribution < 1.29 is 0 Å². The van der Waals surface area contributed by atoms with Crippen LogP contribution in [0.5, 0.6) is 0 Å². The third-order valence-electron chi connectivity index (χ3n) is 3.25. The van der Waals surface area contributed by atoms with Crippen LogP contribution in [0, 0.1) is 11.3 Å². The maximum absolute atomic E-state index is 3.86. The molecule has 0 spiro atoms. The van der Waals surface area contributed by atoms with Gasteiger partial charge in [-0.25, -0.2) is 0 Å². The molecule has 0 N–H and O–H groups in total. The summed E-state index contributed by atoms with van der Waals surface area (Å²) in [4.78, 5) is 0. The van der Waals surface area contributed by atoms with E-state index in [0.29, 0.717) is 5.92 Å². The summed E-state index contributed by atoms with van der Waals surface area (Å²) in [5.74, 6) is 0.542. The van der Waals surface area contributed by atoms with E-state index >= 15 is 0 Å². The summed E-state index contributed by atoms with van der Waals surface area (Å²) in [5.41, 5.74) is 1.75. The summed E-state index contributed by atoms with van der Waals surface area (Å²) >= 11 is 0. The van der Waals surface area contributed by atoms with Gasteiger partial charge in [0.2, 0.25) is 0 Å². The van der Waals surface area contributed by atoms with Crippen LogP contribution in [-0.2, 0) is 0 Å². The zero-order valence-corrected chi connectivity index (χ0v) is 9.85. The fourth-order valence-electron chi connectivity index (χ4n) is 1.28. The first-order valence-corrected chi connectivity index (χ1v) is 5.26. The second-order valence-electron chi connectivity index (χ2n) is 4.42. The molecule has 0 heteroatoms. The van der Waals surface area contributed by atoms with Crippen molar-refractivity contribution in [2.24, 2.45) is 11.3 Å². The van der Waals surface area contributed by atoms with Crippen LogP contribution in [0.1, 0.15) is 47.5 Å². The van der Waals surface area contributed by atoms with Crippen molar-refractivity contribution in [1.82, 2.24) is 0 Å². The molecule has 0 amide bonds. The lowest BCUT2D eigenvalue weighted by Crippen LogP contribution is -2.21. The summed E-state index contributed by atoms with van der Waals surface area (Å²) in [5, 5.41) is 0. The standard InChI is InChI=1S/C13H24/c1-7-9-10-12(4)13(5,6)11(3)8-2/h8,10-11H,2,7,9H2,1,3-6H3. The topological polar surface area (TPSA) is 0 Å². The van der Waals surface area contributed by atoms with Crippen LogP contribution in [0.2, 0.25) is 0 Å². The van der Waals surface area contributed by atoms with Gasteiger partial charge in [-0.2, -0.15) is 0 Å². The Bertz CT molecular complexity index is 184. The normalized spacial score (nSPS) is 15.6. The molecule has 13 heavy (non-hydrogen) atoms. The molecule has 0 aromatic rings. The van der Waals surface area contributed by atoms with Crippen LogP contribution < -0.4 is 0 Å². The molecule has 0 heterocycles. The summed E-state index contributed by atoms with van der Waals surface area (Å²) in [7, 11) is 0. The molecule has 0 bridgehead atoms. The molecule has 76 valence electrons. The lowest BCUT2D eigenvalue weighted by molar-refractivity contribution is 0.342. The molecule has 0 nitrogen and oxygen atoms in total. The lowest BCUT2D eigenvalue weighted by Gasteiger charge is -2.31. The number of rotatable bonds is 5. The average molecular weight is 180 g/mol. The van der Waals surface area contributed by atoms with E-state index in [1.54, 1.807) is 0 Å². The Labute approximate surface area is 83.7 Å². The summed E-state index contributed by atoms with van der Waals surface area (Å²) in [6.07, 6.45) is 6.83. The summed E-state index contributed by atoms with van der Waals surface area (Å²) < 4.78 is 0. The number of hydrogen-bond donors (Lipinski definition) is 0. The summed E-state index contributed by atoms with van der Waals surface area (Å²) in [6, 6.07) is 0. The van der Waals surface area contributed by atoms with Gasteiger partial charge in [0.05, 0.1) is 0 Å². The molecule has 0 aromatic carbocycles. The smallest absolute Gasteiger partial charge is 0.00875 e. The highest BCUT2D eigenvalue weighted by atomic mass is 14.3. The molecular weight excluding hydrogens is 156 g/mol. The van der Waals surface area contributed by atoms with Crippen molar-refractivity contribution in [2.75, 3.05) is 0 Å². The van der Waals surface area contributed by atoms with Crippen molar-refractivity contribution >= 4 is 0 Å². The molecule has 0 saturated carbocycles. The first-order chi connectivity index (χ1) is 5.96. The van der Waals surface area contributed by atoms with Gasteiger partial charge in [-0.05, 0) is 24.7 Å². The van der Waals surface area contributed by atoms with E-state index in [1.807, 2.05) is 6.08 Å². The van der Waals surface area contributed by atoms with Gasteiger partial charge in [0.1, 0.15) is 0 Å². The molecule has 0 saturated heterocycles. The highest BCUT2D eigenvalue weighted by molar-refractivity contribution is 5.13. The third kappa shape index (κ3) is 3.38. The molecular formula is C13H24. The highest BCUT2D eigenvalue weighted by Crippen LogP contribution is 2.35. The Morgan fingerprint density at radius 2 is 2.00 bits per heavy atom. The Hall–Kier alpha value is -0.520. The predicted octanol–water partition coefficient (Wildman–Crippen LogP) is 4.58. The van der Waals surface area contributed by atoms with Gasteiger partial charge in [0, 0.05) is 0 Å². The zero-order valence-electron chi connectivity index (χ0n) is 9.85. The average Bonchev–Trinajstić information content (AvgIpc) is 2.12. The van der Waals surface area contributed by atoms with Crippen molar-refractivity contribution in [3.63, 3.8) is 0 Å². The molecule has 0 radical (unpaired) electrons. The van der Waals surface area contributed by atoms with Crippen molar-refractivity contribution in [3.05, 3.63) is 24.3 Å². The second kappa shape index (κ2) is 5.26. The highest BCUT2D eigenvalue weighted by Gasteiger charge is 2.24.